The van der Waals surface area contributed by atoms with Crippen LogP contribution in [-0.2, 0) is 16.1 Å². The van der Waals surface area contributed by atoms with E-state index in [0.29, 0.717) is 6.54 Å². The maximum absolute atomic E-state index is 12.2. The fourth-order valence-corrected chi connectivity index (χ4v) is 2.88. The van der Waals surface area contributed by atoms with E-state index in [-0.39, 0.29) is 18.4 Å². The van der Waals surface area contributed by atoms with Crippen molar-refractivity contribution in [3.63, 3.8) is 0 Å². The summed E-state index contributed by atoms with van der Waals surface area (Å²) in [4.78, 5) is 28.1. The first-order chi connectivity index (χ1) is 11.8. The van der Waals surface area contributed by atoms with E-state index in [1.165, 1.54) is 24.9 Å². The van der Waals surface area contributed by atoms with Crippen LogP contribution in [0, 0.1) is 5.41 Å². The molecular weight excluding hydrogens is 314 g/mol. The lowest BCUT2D eigenvalue weighted by atomic mass is 9.96. The molecule has 1 aromatic rings. The van der Waals surface area contributed by atoms with Gasteiger partial charge in [-0.15, -0.1) is 0 Å². The summed E-state index contributed by atoms with van der Waals surface area (Å²) < 4.78 is 0. The summed E-state index contributed by atoms with van der Waals surface area (Å²) in [6.45, 7) is 8.35. The number of piperidine rings is 1. The van der Waals surface area contributed by atoms with Gasteiger partial charge in [-0.1, -0.05) is 32.9 Å². The molecule has 1 saturated heterocycles. The van der Waals surface area contributed by atoms with Gasteiger partial charge >= 0.3 is 0 Å². The number of hydrogen-bond acceptors (Lipinski definition) is 3. The summed E-state index contributed by atoms with van der Waals surface area (Å²) >= 11 is 0. The van der Waals surface area contributed by atoms with Crippen LogP contribution < -0.4 is 10.2 Å². The number of anilines is 1. The van der Waals surface area contributed by atoms with E-state index in [0.717, 1.165) is 18.7 Å². The van der Waals surface area contributed by atoms with Crippen LogP contribution in [0.3, 0.4) is 0 Å². The van der Waals surface area contributed by atoms with E-state index in [4.69, 9.17) is 0 Å². The first-order valence-electron chi connectivity index (χ1n) is 9.13. The van der Waals surface area contributed by atoms with Crippen molar-refractivity contribution >= 4 is 17.5 Å². The predicted molar refractivity (Wildman–Crippen MR) is 101 cm³/mol. The molecule has 138 valence electrons. The minimum absolute atomic E-state index is 0.0401. The van der Waals surface area contributed by atoms with Crippen molar-refractivity contribution in [3.05, 3.63) is 29.8 Å². The maximum atomic E-state index is 12.2. The van der Waals surface area contributed by atoms with Gasteiger partial charge in [0.15, 0.2) is 0 Å². The Morgan fingerprint density at radius 2 is 1.68 bits per heavy atom. The molecule has 1 N–H and O–H groups in total. The smallest absolute Gasteiger partial charge is 0.242 e. The molecule has 2 rings (SSSR count). The van der Waals surface area contributed by atoms with Crippen molar-refractivity contribution in [2.45, 2.75) is 46.6 Å². The van der Waals surface area contributed by atoms with Crippen molar-refractivity contribution in [1.82, 2.24) is 10.2 Å². The second-order valence-electron chi connectivity index (χ2n) is 7.90. The average molecular weight is 345 g/mol. The average Bonchev–Trinajstić information content (AvgIpc) is 2.59. The highest BCUT2D eigenvalue weighted by Crippen LogP contribution is 2.20. The van der Waals surface area contributed by atoms with Gasteiger partial charge < -0.3 is 15.1 Å². The maximum Gasteiger partial charge on any atom is 0.242 e. The summed E-state index contributed by atoms with van der Waals surface area (Å²) in [7, 11) is 1.77. The van der Waals surface area contributed by atoms with E-state index in [9.17, 15) is 9.59 Å². The van der Waals surface area contributed by atoms with Gasteiger partial charge in [0.05, 0.1) is 6.54 Å². The molecule has 0 bridgehead atoms. The first kappa shape index (κ1) is 19.3. The highest BCUT2D eigenvalue weighted by molar-refractivity contribution is 5.87. The van der Waals surface area contributed by atoms with Crippen molar-refractivity contribution in [1.29, 1.82) is 0 Å². The molecule has 5 heteroatoms. The number of carbonyl (C=O) groups is 2. The Morgan fingerprint density at radius 3 is 2.24 bits per heavy atom. The van der Waals surface area contributed by atoms with E-state index in [2.05, 4.69) is 34.5 Å². The number of nitrogens with one attached hydrogen (secondary N) is 1. The number of nitrogens with zero attached hydrogens (tertiary/aromatic N) is 2. The minimum Gasteiger partial charge on any atom is -0.372 e. The quantitative estimate of drug-likeness (QED) is 0.893. The van der Waals surface area contributed by atoms with Crippen molar-refractivity contribution in [3.8, 4) is 0 Å². The SMILES string of the molecule is CN(Cc1ccc(N2CCCCC2)cc1)C(=O)CNC(=O)C(C)(C)C. The zero-order valence-corrected chi connectivity index (χ0v) is 16.0. The van der Waals surface area contributed by atoms with Crippen LogP contribution in [0.2, 0.25) is 0 Å². The number of rotatable bonds is 5. The molecule has 0 saturated carbocycles. The third-order valence-corrected chi connectivity index (χ3v) is 4.58. The number of amides is 2. The standard InChI is InChI=1S/C20H31N3O2/c1-20(2,3)19(25)21-14-18(24)22(4)15-16-8-10-17(11-9-16)23-12-6-5-7-13-23/h8-11H,5-7,12-15H2,1-4H3,(H,21,25). The molecule has 2 amide bonds. The van der Waals surface area contributed by atoms with E-state index < -0.39 is 5.41 Å². The molecule has 0 unspecified atom stereocenters. The molecule has 0 spiro atoms. The van der Waals surface area contributed by atoms with Crippen LogP contribution in [0.25, 0.3) is 0 Å². The molecule has 5 nitrogen and oxygen atoms in total. The lowest BCUT2D eigenvalue weighted by molar-refractivity contribution is -0.134. The van der Waals surface area contributed by atoms with Gasteiger partial charge in [0, 0.05) is 37.8 Å². The van der Waals surface area contributed by atoms with E-state index in [1.807, 2.05) is 20.8 Å². The Hall–Kier alpha value is -2.04. The Balaban J connectivity index is 1.84. The number of hydrogen-bond donors (Lipinski definition) is 1. The fourth-order valence-electron chi connectivity index (χ4n) is 2.88. The van der Waals surface area contributed by atoms with Crippen molar-refractivity contribution in [2.75, 3.05) is 31.6 Å². The summed E-state index contributed by atoms with van der Waals surface area (Å²) in [6.07, 6.45) is 3.85. The van der Waals surface area contributed by atoms with Gasteiger partial charge in [-0.3, -0.25) is 9.59 Å². The van der Waals surface area contributed by atoms with Gasteiger partial charge in [-0.2, -0.15) is 0 Å². The number of likely N-dealkylation sites (N-methyl/N-ethyl adjacent to an activating group) is 1. The minimum atomic E-state index is -0.483. The fraction of sp³-hybridized carbons (Fsp3) is 0.600. The van der Waals surface area contributed by atoms with Gasteiger partial charge in [0.2, 0.25) is 11.8 Å². The summed E-state index contributed by atoms with van der Waals surface area (Å²) in [5.41, 5.74) is 1.87. The Morgan fingerprint density at radius 1 is 1.08 bits per heavy atom. The predicted octanol–water partition coefficient (Wildman–Crippen LogP) is 2.80. The molecule has 25 heavy (non-hydrogen) atoms. The topological polar surface area (TPSA) is 52.6 Å². The van der Waals surface area contributed by atoms with Crippen LogP contribution in [0.1, 0.15) is 45.6 Å². The molecule has 1 aliphatic rings. The Kier molecular flexibility index (Phi) is 6.45. The zero-order valence-electron chi connectivity index (χ0n) is 16.0. The van der Waals surface area contributed by atoms with Crippen LogP contribution in [-0.4, -0.2) is 43.4 Å². The van der Waals surface area contributed by atoms with Gasteiger partial charge in [-0.25, -0.2) is 0 Å². The first-order valence-corrected chi connectivity index (χ1v) is 9.13. The summed E-state index contributed by atoms with van der Waals surface area (Å²) in [6, 6.07) is 8.45. The van der Waals surface area contributed by atoms with Crippen LogP contribution in [0.4, 0.5) is 5.69 Å². The van der Waals surface area contributed by atoms with Crippen LogP contribution >= 0.6 is 0 Å². The molecule has 0 atom stereocenters. The molecule has 1 fully saturated rings. The normalized spacial score (nSPS) is 15.0. The lowest BCUT2D eigenvalue weighted by Crippen LogP contribution is -2.42. The molecule has 0 radical (unpaired) electrons. The largest absolute Gasteiger partial charge is 0.372 e. The zero-order chi connectivity index (χ0) is 18.4. The molecule has 1 heterocycles. The van der Waals surface area contributed by atoms with Gasteiger partial charge in [-0.05, 0) is 37.0 Å². The lowest BCUT2D eigenvalue weighted by Gasteiger charge is -2.29. The monoisotopic (exact) mass is 345 g/mol. The third-order valence-electron chi connectivity index (χ3n) is 4.58. The number of carbonyl (C=O) groups excluding carboxylic acids is 2. The molecule has 1 aromatic carbocycles. The summed E-state index contributed by atoms with van der Waals surface area (Å²) in [5.74, 6) is -0.196. The summed E-state index contributed by atoms with van der Waals surface area (Å²) in [5, 5.41) is 2.70. The molecule has 1 aliphatic heterocycles. The third kappa shape index (κ3) is 5.76. The van der Waals surface area contributed by atoms with Crippen LogP contribution in [0.5, 0.6) is 0 Å². The Labute approximate surface area is 151 Å². The molecule has 0 aliphatic carbocycles. The van der Waals surface area contributed by atoms with Crippen molar-refractivity contribution in [2.24, 2.45) is 5.41 Å². The van der Waals surface area contributed by atoms with E-state index >= 15 is 0 Å². The Bertz CT molecular complexity index is 584. The molecule has 0 aromatic heterocycles. The second-order valence-corrected chi connectivity index (χ2v) is 7.90. The second kappa shape index (κ2) is 8.37. The van der Waals surface area contributed by atoms with Crippen LogP contribution in [0.15, 0.2) is 24.3 Å². The molecular formula is C20H31N3O2. The van der Waals surface area contributed by atoms with Crippen molar-refractivity contribution < 1.29 is 9.59 Å². The highest BCUT2D eigenvalue weighted by Gasteiger charge is 2.22. The van der Waals surface area contributed by atoms with Gasteiger partial charge in [0.25, 0.3) is 0 Å². The van der Waals surface area contributed by atoms with E-state index in [1.54, 1.807) is 11.9 Å². The number of benzene rings is 1. The van der Waals surface area contributed by atoms with Gasteiger partial charge in [0.1, 0.15) is 0 Å². The highest BCUT2D eigenvalue weighted by atomic mass is 16.2.